The maximum absolute atomic E-state index is 11.8. The lowest BCUT2D eigenvalue weighted by molar-refractivity contribution is -0.119. The van der Waals surface area contributed by atoms with Gasteiger partial charge in [0, 0.05) is 12.8 Å². The summed E-state index contributed by atoms with van der Waals surface area (Å²) >= 11 is 0. The monoisotopic (exact) mass is 378 g/mol. The molecular formula is C19H38O5S. The third-order valence-electron chi connectivity index (χ3n) is 4.39. The van der Waals surface area contributed by atoms with Gasteiger partial charge in [-0.2, -0.15) is 8.42 Å². The van der Waals surface area contributed by atoms with Gasteiger partial charge in [0.1, 0.15) is 5.78 Å². The summed E-state index contributed by atoms with van der Waals surface area (Å²) < 4.78 is 33.3. The maximum Gasteiger partial charge on any atom is 0.397 e. The van der Waals surface area contributed by atoms with E-state index in [-0.39, 0.29) is 6.61 Å². The minimum Gasteiger partial charge on any atom is -0.300 e. The fraction of sp³-hybridized carbons (Fsp3) is 0.947. The first-order chi connectivity index (χ1) is 12.0. The number of unbranched alkanes of at least 4 members (excludes halogenated alkanes) is 12. The lowest BCUT2D eigenvalue weighted by atomic mass is 10.0. The average molecular weight is 379 g/mol. The van der Waals surface area contributed by atoms with Gasteiger partial charge in [-0.3, -0.25) is 9.35 Å². The van der Waals surface area contributed by atoms with Gasteiger partial charge in [-0.25, -0.2) is 4.18 Å². The van der Waals surface area contributed by atoms with Crippen LogP contribution in [0.15, 0.2) is 0 Å². The van der Waals surface area contributed by atoms with Crippen LogP contribution in [-0.4, -0.2) is 25.4 Å². The van der Waals surface area contributed by atoms with Crippen molar-refractivity contribution in [2.45, 2.75) is 110 Å². The first kappa shape index (κ1) is 24.5. The molecule has 0 aromatic rings. The van der Waals surface area contributed by atoms with Gasteiger partial charge in [-0.15, -0.1) is 0 Å². The predicted molar refractivity (Wildman–Crippen MR) is 102 cm³/mol. The number of carbonyl (C=O) groups excluding carboxylic acids is 1. The lowest BCUT2D eigenvalue weighted by Gasteiger charge is -2.03. The molecule has 0 bridgehead atoms. The van der Waals surface area contributed by atoms with Crippen LogP contribution in [0.2, 0.25) is 0 Å². The zero-order valence-corrected chi connectivity index (χ0v) is 16.8. The van der Waals surface area contributed by atoms with Gasteiger partial charge in [-0.05, 0) is 19.3 Å². The Kier molecular flexibility index (Phi) is 16.7. The second kappa shape index (κ2) is 17.0. The van der Waals surface area contributed by atoms with E-state index in [1.165, 1.54) is 32.1 Å². The summed E-state index contributed by atoms with van der Waals surface area (Å²) in [5, 5.41) is 0. The van der Waals surface area contributed by atoms with Gasteiger partial charge in [0.25, 0.3) is 0 Å². The molecule has 0 fully saturated rings. The molecule has 5 nitrogen and oxygen atoms in total. The molecule has 6 heteroatoms. The summed E-state index contributed by atoms with van der Waals surface area (Å²) in [5.41, 5.74) is 0. The summed E-state index contributed by atoms with van der Waals surface area (Å²) in [4.78, 5) is 11.8. The third-order valence-corrected chi connectivity index (χ3v) is 4.86. The molecule has 0 aliphatic heterocycles. The molecule has 0 unspecified atom stereocenters. The van der Waals surface area contributed by atoms with E-state index in [1.807, 2.05) is 0 Å². The van der Waals surface area contributed by atoms with Gasteiger partial charge in [0.05, 0.1) is 6.61 Å². The molecule has 0 saturated heterocycles. The van der Waals surface area contributed by atoms with Crippen molar-refractivity contribution in [3.8, 4) is 0 Å². The number of rotatable bonds is 19. The summed E-state index contributed by atoms with van der Waals surface area (Å²) in [6, 6.07) is 0. The summed E-state index contributed by atoms with van der Waals surface area (Å²) in [6.45, 7) is 2.27. The van der Waals surface area contributed by atoms with Crippen molar-refractivity contribution >= 4 is 16.2 Å². The Morgan fingerprint density at radius 1 is 0.720 bits per heavy atom. The zero-order valence-electron chi connectivity index (χ0n) is 16.0. The predicted octanol–water partition coefficient (Wildman–Crippen LogP) is 5.64. The maximum atomic E-state index is 11.8. The Morgan fingerprint density at radius 2 is 1.12 bits per heavy atom. The molecule has 0 heterocycles. The topological polar surface area (TPSA) is 80.7 Å². The number of hydrogen-bond acceptors (Lipinski definition) is 4. The van der Waals surface area contributed by atoms with Crippen molar-refractivity contribution in [1.29, 1.82) is 0 Å². The van der Waals surface area contributed by atoms with Gasteiger partial charge >= 0.3 is 10.4 Å². The molecule has 0 radical (unpaired) electrons. The number of hydrogen-bond donors (Lipinski definition) is 1. The smallest absolute Gasteiger partial charge is 0.300 e. The van der Waals surface area contributed by atoms with Crippen LogP contribution >= 0.6 is 0 Å². The van der Waals surface area contributed by atoms with Gasteiger partial charge in [0.15, 0.2) is 0 Å². The highest BCUT2D eigenvalue weighted by Gasteiger charge is 2.03. The lowest BCUT2D eigenvalue weighted by Crippen LogP contribution is -2.04. The van der Waals surface area contributed by atoms with E-state index in [4.69, 9.17) is 4.55 Å². The first-order valence-corrected chi connectivity index (χ1v) is 11.5. The summed E-state index contributed by atoms with van der Waals surface area (Å²) in [5.74, 6) is 0.425. The molecule has 0 atom stereocenters. The van der Waals surface area contributed by atoms with Crippen molar-refractivity contribution in [2.75, 3.05) is 6.61 Å². The minimum absolute atomic E-state index is 0.0551. The van der Waals surface area contributed by atoms with Crippen LogP contribution in [0.1, 0.15) is 110 Å². The highest BCUT2D eigenvalue weighted by atomic mass is 32.3. The average Bonchev–Trinajstić information content (AvgIpc) is 2.54. The standard InChI is InChI=1S/C19H38O5S/c1-2-3-4-5-10-13-16-19(20)17-14-11-8-6-7-9-12-15-18-24-25(21,22)23/h2-18H2,1H3,(H,21,22,23). The zero-order chi connectivity index (χ0) is 18.8. The van der Waals surface area contributed by atoms with Crippen LogP contribution < -0.4 is 0 Å². The van der Waals surface area contributed by atoms with Crippen LogP contribution in [0, 0.1) is 0 Å². The molecule has 0 amide bonds. The quantitative estimate of drug-likeness (QED) is 0.232. The van der Waals surface area contributed by atoms with Gasteiger partial charge in [-0.1, -0.05) is 77.6 Å². The normalized spacial score (nSPS) is 11.8. The fourth-order valence-corrected chi connectivity index (χ4v) is 3.21. The van der Waals surface area contributed by atoms with Crippen molar-refractivity contribution in [3.63, 3.8) is 0 Å². The Balaban J connectivity index is 3.21. The van der Waals surface area contributed by atoms with Crippen molar-refractivity contribution in [1.82, 2.24) is 0 Å². The molecule has 150 valence electrons. The molecule has 0 aromatic carbocycles. The Hall–Kier alpha value is -0.460. The van der Waals surface area contributed by atoms with E-state index in [0.717, 1.165) is 64.2 Å². The van der Waals surface area contributed by atoms with E-state index in [0.29, 0.717) is 12.2 Å². The van der Waals surface area contributed by atoms with Crippen LogP contribution in [-0.2, 0) is 19.4 Å². The molecule has 0 aromatic heterocycles. The molecular weight excluding hydrogens is 340 g/mol. The van der Waals surface area contributed by atoms with E-state index in [1.54, 1.807) is 0 Å². The first-order valence-electron chi connectivity index (χ1n) is 10.1. The third kappa shape index (κ3) is 21.5. The van der Waals surface area contributed by atoms with Crippen LogP contribution in [0.4, 0.5) is 0 Å². The number of carbonyl (C=O) groups is 1. The molecule has 0 saturated carbocycles. The second-order valence-corrected chi connectivity index (χ2v) is 7.98. The fourth-order valence-electron chi connectivity index (χ4n) is 2.88. The van der Waals surface area contributed by atoms with Crippen molar-refractivity contribution in [3.05, 3.63) is 0 Å². The number of Topliss-reactive ketones (excluding diaryl/α,β-unsaturated/α-hetero) is 1. The SMILES string of the molecule is CCCCCCCCC(=O)CCCCCCCCCCOS(=O)(=O)O. The van der Waals surface area contributed by atoms with Crippen LogP contribution in [0.3, 0.4) is 0 Å². The van der Waals surface area contributed by atoms with Crippen molar-refractivity contribution in [2.24, 2.45) is 0 Å². The molecule has 0 aliphatic carbocycles. The minimum atomic E-state index is -4.28. The summed E-state index contributed by atoms with van der Waals surface area (Å²) in [6.07, 6.45) is 17.1. The van der Waals surface area contributed by atoms with Gasteiger partial charge < -0.3 is 0 Å². The second-order valence-electron chi connectivity index (χ2n) is 6.88. The van der Waals surface area contributed by atoms with Gasteiger partial charge in [0.2, 0.25) is 0 Å². The Bertz CT molecular complexity index is 406. The molecule has 0 aliphatic rings. The Morgan fingerprint density at radius 3 is 1.56 bits per heavy atom. The molecule has 0 rings (SSSR count). The van der Waals surface area contributed by atoms with Crippen molar-refractivity contribution < 1.29 is 21.9 Å². The molecule has 25 heavy (non-hydrogen) atoms. The van der Waals surface area contributed by atoms with Crippen LogP contribution in [0.5, 0.6) is 0 Å². The van der Waals surface area contributed by atoms with E-state index in [9.17, 15) is 13.2 Å². The Labute approximate surface area is 154 Å². The van der Waals surface area contributed by atoms with E-state index < -0.39 is 10.4 Å². The number of ketones is 1. The highest BCUT2D eigenvalue weighted by molar-refractivity contribution is 7.80. The summed E-state index contributed by atoms with van der Waals surface area (Å²) in [7, 11) is -4.28. The molecule has 0 spiro atoms. The van der Waals surface area contributed by atoms with Crippen LogP contribution in [0.25, 0.3) is 0 Å². The molecule has 1 N–H and O–H groups in total. The largest absolute Gasteiger partial charge is 0.397 e. The van der Waals surface area contributed by atoms with E-state index in [2.05, 4.69) is 11.1 Å². The highest BCUT2D eigenvalue weighted by Crippen LogP contribution is 2.12. The van der Waals surface area contributed by atoms with E-state index >= 15 is 0 Å².